The summed E-state index contributed by atoms with van der Waals surface area (Å²) in [6.45, 7) is 1.94. The van der Waals surface area contributed by atoms with Gasteiger partial charge in [0.2, 0.25) is 0 Å². The van der Waals surface area contributed by atoms with Crippen molar-refractivity contribution in [3.8, 4) is 16.9 Å². The fourth-order valence-electron chi connectivity index (χ4n) is 1.95. The highest BCUT2D eigenvalue weighted by molar-refractivity contribution is 7.86. The van der Waals surface area contributed by atoms with Gasteiger partial charge in [0.15, 0.2) is 5.75 Å². The molecule has 0 bridgehead atoms. The van der Waals surface area contributed by atoms with E-state index in [0.717, 1.165) is 11.8 Å². The van der Waals surface area contributed by atoms with Crippen LogP contribution in [0.1, 0.15) is 17.3 Å². The van der Waals surface area contributed by atoms with Crippen LogP contribution in [0.15, 0.2) is 48.5 Å². The Bertz CT molecular complexity index is 766. The van der Waals surface area contributed by atoms with Crippen molar-refractivity contribution in [2.24, 2.45) is 0 Å². The minimum atomic E-state index is -3.71. The molecule has 0 fully saturated rings. The molecule has 2 aromatic carbocycles. The zero-order chi connectivity index (χ0) is 16.2. The molecule has 0 heterocycles. The van der Waals surface area contributed by atoms with Gasteiger partial charge in [-0.2, -0.15) is 8.42 Å². The highest BCUT2D eigenvalue weighted by Crippen LogP contribution is 2.32. The van der Waals surface area contributed by atoms with Crippen molar-refractivity contribution in [1.29, 1.82) is 0 Å². The molecule has 2 rings (SSSR count). The maximum absolute atomic E-state index is 11.8. The Morgan fingerprint density at radius 1 is 1.09 bits per heavy atom. The first kappa shape index (κ1) is 16.0. The van der Waals surface area contributed by atoms with Crippen molar-refractivity contribution >= 4 is 16.1 Å². The third kappa shape index (κ3) is 4.08. The van der Waals surface area contributed by atoms with Crippen LogP contribution in [0.25, 0.3) is 11.1 Å². The molecule has 0 unspecified atom stereocenters. The number of esters is 1. The Hall–Kier alpha value is -2.34. The molecule has 0 atom stereocenters. The van der Waals surface area contributed by atoms with Gasteiger partial charge in [-0.1, -0.05) is 30.3 Å². The molecule has 0 aliphatic heterocycles. The van der Waals surface area contributed by atoms with Crippen molar-refractivity contribution in [2.75, 3.05) is 12.9 Å². The lowest BCUT2D eigenvalue weighted by Crippen LogP contribution is -2.09. The van der Waals surface area contributed by atoms with Gasteiger partial charge in [-0.15, -0.1) is 0 Å². The van der Waals surface area contributed by atoms with Crippen LogP contribution >= 0.6 is 0 Å². The lowest BCUT2D eigenvalue weighted by Gasteiger charge is -2.11. The smallest absolute Gasteiger partial charge is 0.338 e. The van der Waals surface area contributed by atoms with Crippen LogP contribution in [-0.2, 0) is 14.9 Å². The normalized spacial score (nSPS) is 11.0. The molecule has 0 spiro atoms. The topological polar surface area (TPSA) is 69.7 Å². The Labute approximate surface area is 129 Å². The van der Waals surface area contributed by atoms with E-state index in [4.69, 9.17) is 8.92 Å². The fourth-order valence-corrected chi connectivity index (χ4v) is 2.42. The van der Waals surface area contributed by atoms with E-state index in [-0.39, 0.29) is 17.9 Å². The molecule has 2 aromatic rings. The van der Waals surface area contributed by atoms with Gasteiger partial charge in [0, 0.05) is 5.56 Å². The summed E-state index contributed by atoms with van der Waals surface area (Å²) in [5.41, 5.74) is 1.61. The van der Waals surface area contributed by atoms with Crippen molar-refractivity contribution in [1.82, 2.24) is 0 Å². The minimum Gasteiger partial charge on any atom is -0.462 e. The lowest BCUT2D eigenvalue weighted by atomic mass is 10.0. The molecule has 0 amide bonds. The third-order valence-electron chi connectivity index (χ3n) is 2.82. The molecular weight excluding hydrogens is 304 g/mol. The first-order chi connectivity index (χ1) is 10.4. The van der Waals surface area contributed by atoms with Crippen LogP contribution in [0.4, 0.5) is 0 Å². The molecule has 5 nitrogen and oxygen atoms in total. The van der Waals surface area contributed by atoms with Crippen LogP contribution in [0.5, 0.6) is 5.75 Å². The van der Waals surface area contributed by atoms with Gasteiger partial charge in [-0.25, -0.2) is 4.79 Å². The predicted molar refractivity (Wildman–Crippen MR) is 83.3 cm³/mol. The molecule has 0 radical (unpaired) electrons. The van der Waals surface area contributed by atoms with Gasteiger partial charge in [-0.05, 0) is 30.7 Å². The van der Waals surface area contributed by atoms with Gasteiger partial charge in [-0.3, -0.25) is 0 Å². The minimum absolute atomic E-state index is 0.0965. The van der Waals surface area contributed by atoms with Gasteiger partial charge in [0.1, 0.15) is 0 Å². The molecule has 0 aromatic heterocycles. The van der Waals surface area contributed by atoms with Gasteiger partial charge in [0.25, 0.3) is 0 Å². The second-order valence-electron chi connectivity index (χ2n) is 4.58. The van der Waals surface area contributed by atoms with E-state index in [1.54, 1.807) is 19.1 Å². The molecule has 0 aliphatic carbocycles. The van der Waals surface area contributed by atoms with Crippen LogP contribution in [-0.4, -0.2) is 27.2 Å². The molecule has 0 saturated carbocycles. The van der Waals surface area contributed by atoms with E-state index in [1.165, 1.54) is 6.07 Å². The van der Waals surface area contributed by atoms with Gasteiger partial charge >= 0.3 is 16.1 Å². The number of carbonyl (C=O) groups excluding carboxylic acids is 1. The molecule has 0 N–H and O–H groups in total. The summed E-state index contributed by atoms with van der Waals surface area (Å²) < 4.78 is 32.8. The van der Waals surface area contributed by atoms with Crippen molar-refractivity contribution in [3.63, 3.8) is 0 Å². The van der Waals surface area contributed by atoms with Crippen LogP contribution < -0.4 is 4.18 Å². The number of hydrogen-bond donors (Lipinski definition) is 0. The lowest BCUT2D eigenvalue weighted by molar-refractivity contribution is 0.0526. The Kier molecular flexibility index (Phi) is 4.82. The molecule has 0 aliphatic rings. The average molecular weight is 320 g/mol. The number of ether oxygens (including phenoxy) is 1. The van der Waals surface area contributed by atoms with Crippen molar-refractivity contribution in [3.05, 3.63) is 54.1 Å². The summed E-state index contributed by atoms with van der Waals surface area (Å²) in [7, 11) is -3.71. The van der Waals surface area contributed by atoms with E-state index in [2.05, 4.69) is 0 Å². The monoisotopic (exact) mass is 320 g/mol. The summed E-state index contributed by atoms with van der Waals surface area (Å²) in [5.74, 6) is -0.431. The summed E-state index contributed by atoms with van der Waals surface area (Å²) in [6, 6.07) is 13.8. The fraction of sp³-hybridized carbons (Fsp3) is 0.188. The van der Waals surface area contributed by atoms with E-state index in [9.17, 15) is 13.2 Å². The summed E-state index contributed by atoms with van der Waals surface area (Å²) in [5, 5.41) is 0. The first-order valence-corrected chi connectivity index (χ1v) is 8.48. The zero-order valence-corrected chi connectivity index (χ0v) is 13.1. The second kappa shape index (κ2) is 6.62. The predicted octanol–water partition coefficient (Wildman–Crippen LogP) is 2.87. The maximum Gasteiger partial charge on any atom is 0.338 e. The summed E-state index contributed by atoms with van der Waals surface area (Å²) >= 11 is 0. The Morgan fingerprint density at radius 2 is 1.77 bits per heavy atom. The van der Waals surface area contributed by atoms with Gasteiger partial charge < -0.3 is 8.92 Å². The largest absolute Gasteiger partial charge is 0.462 e. The number of benzene rings is 2. The van der Waals surface area contributed by atoms with E-state index in [1.807, 2.05) is 30.3 Å². The number of rotatable bonds is 5. The third-order valence-corrected chi connectivity index (χ3v) is 3.30. The molecule has 0 saturated heterocycles. The molecule has 6 heteroatoms. The second-order valence-corrected chi connectivity index (χ2v) is 6.16. The summed E-state index contributed by atoms with van der Waals surface area (Å²) in [4.78, 5) is 11.8. The standard InChI is InChI=1S/C16H16O5S/c1-3-20-16(17)13-9-10-14(12-7-5-4-6-8-12)15(11-13)21-22(2,18)19/h4-11H,3H2,1-2H3. The summed E-state index contributed by atoms with van der Waals surface area (Å²) in [6.07, 6.45) is 0.957. The van der Waals surface area contributed by atoms with Crippen molar-refractivity contribution < 1.29 is 22.1 Å². The Balaban J connectivity index is 2.52. The van der Waals surface area contributed by atoms with Crippen molar-refractivity contribution in [2.45, 2.75) is 6.92 Å². The van der Waals surface area contributed by atoms with Gasteiger partial charge in [0.05, 0.1) is 18.4 Å². The quantitative estimate of drug-likeness (QED) is 0.626. The number of carbonyl (C=O) groups is 1. The van der Waals surface area contributed by atoms with Crippen LogP contribution in [0, 0.1) is 0 Å². The van der Waals surface area contributed by atoms with Crippen LogP contribution in [0.3, 0.4) is 0 Å². The Morgan fingerprint density at radius 3 is 2.36 bits per heavy atom. The molecule has 22 heavy (non-hydrogen) atoms. The van der Waals surface area contributed by atoms with E-state index < -0.39 is 16.1 Å². The maximum atomic E-state index is 11.8. The molecular formula is C16H16O5S. The highest BCUT2D eigenvalue weighted by Gasteiger charge is 2.16. The number of hydrogen-bond acceptors (Lipinski definition) is 5. The highest BCUT2D eigenvalue weighted by atomic mass is 32.2. The van der Waals surface area contributed by atoms with E-state index >= 15 is 0 Å². The SMILES string of the molecule is CCOC(=O)c1ccc(-c2ccccc2)c(OS(C)(=O)=O)c1. The van der Waals surface area contributed by atoms with Crippen LogP contribution in [0.2, 0.25) is 0 Å². The first-order valence-electron chi connectivity index (χ1n) is 6.67. The zero-order valence-electron chi connectivity index (χ0n) is 12.3. The average Bonchev–Trinajstić information content (AvgIpc) is 2.46. The van der Waals surface area contributed by atoms with E-state index in [0.29, 0.717) is 5.56 Å². The molecule has 116 valence electrons.